The molecular formula is C8H7BrF5NS. The van der Waals surface area contributed by atoms with Crippen LogP contribution in [0.5, 0.6) is 0 Å². The molecule has 1 unspecified atom stereocenters. The van der Waals surface area contributed by atoms with Gasteiger partial charge in [0, 0.05) is 4.88 Å². The maximum Gasteiger partial charge on any atom is 0.455 e. The van der Waals surface area contributed by atoms with Gasteiger partial charge in [0.1, 0.15) is 6.04 Å². The third-order valence-corrected chi connectivity index (χ3v) is 3.60. The fraction of sp³-hybridized carbons (Fsp3) is 0.500. The third-order valence-electron chi connectivity index (χ3n) is 1.91. The minimum Gasteiger partial charge on any atom is -0.307 e. The van der Waals surface area contributed by atoms with E-state index in [1.807, 2.05) is 5.32 Å². The van der Waals surface area contributed by atoms with Crippen molar-refractivity contribution in [3.05, 3.63) is 20.8 Å². The Labute approximate surface area is 101 Å². The lowest BCUT2D eigenvalue weighted by Gasteiger charge is -2.27. The summed E-state index contributed by atoms with van der Waals surface area (Å²) in [7, 11) is 1.07. The fourth-order valence-corrected chi connectivity index (χ4v) is 2.72. The van der Waals surface area contributed by atoms with Gasteiger partial charge in [-0.05, 0) is 35.1 Å². The molecule has 1 heterocycles. The van der Waals surface area contributed by atoms with Gasteiger partial charge in [-0.3, -0.25) is 0 Å². The second-order valence-corrected chi connectivity index (χ2v) is 5.48. The van der Waals surface area contributed by atoms with Gasteiger partial charge in [-0.2, -0.15) is 22.0 Å². The van der Waals surface area contributed by atoms with Gasteiger partial charge in [-0.1, -0.05) is 0 Å². The molecule has 0 spiro atoms. The second-order valence-electron chi connectivity index (χ2n) is 2.98. The van der Waals surface area contributed by atoms with E-state index in [1.54, 1.807) is 0 Å². The van der Waals surface area contributed by atoms with Crippen LogP contribution in [0, 0.1) is 0 Å². The van der Waals surface area contributed by atoms with E-state index in [1.165, 1.54) is 12.1 Å². The van der Waals surface area contributed by atoms with Crippen LogP contribution in [0.1, 0.15) is 10.9 Å². The summed E-state index contributed by atoms with van der Waals surface area (Å²) in [6.07, 6.45) is -5.57. The summed E-state index contributed by atoms with van der Waals surface area (Å²) < 4.78 is 63.2. The average molecular weight is 324 g/mol. The van der Waals surface area contributed by atoms with Crippen LogP contribution >= 0.6 is 27.3 Å². The van der Waals surface area contributed by atoms with Gasteiger partial charge in [0.15, 0.2) is 0 Å². The maximum atomic E-state index is 13.1. The standard InChI is InChI=1S/C8H7BrF5NS/c1-15-6(4-2-3-5(9)16-4)7(10,11)8(12,13)14/h2-3,6,15H,1H3. The van der Waals surface area contributed by atoms with E-state index in [0.29, 0.717) is 3.79 Å². The van der Waals surface area contributed by atoms with E-state index >= 15 is 0 Å². The van der Waals surface area contributed by atoms with Crippen molar-refractivity contribution in [2.24, 2.45) is 0 Å². The van der Waals surface area contributed by atoms with Crippen molar-refractivity contribution in [2.75, 3.05) is 7.05 Å². The van der Waals surface area contributed by atoms with Crippen molar-refractivity contribution in [3.63, 3.8) is 0 Å². The first kappa shape index (κ1) is 13.9. The molecule has 0 aliphatic rings. The molecular weight excluding hydrogens is 317 g/mol. The first-order valence-corrected chi connectivity index (χ1v) is 5.68. The Balaban J connectivity index is 3.08. The van der Waals surface area contributed by atoms with Gasteiger partial charge < -0.3 is 5.32 Å². The molecule has 0 amide bonds. The number of hydrogen-bond acceptors (Lipinski definition) is 2. The van der Waals surface area contributed by atoms with Crippen LogP contribution in [0.2, 0.25) is 0 Å². The highest BCUT2D eigenvalue weighted by molar-refractivity contribution is 9.11. The Bertz CT molecular complexity index is 362. The lowest BCUT2D eigenvalue weighted by atomic mass is 10.1. The smallest absolute Gasteiger partial charge is 0.307 e. The van der Waals surface area contributed by atoms with Crippen LogP contribution < -0.4 is 5.32 Å². The van der Waals surface area contributed by atoms with E-state index in [9.17, 15) is 22.0 Å². The van der Waals surface area contributed by atoms with Crippen LogP contribution in [-0.4, -0.2) is 19.1 Å². The number of nitrogens with one attached hydrogen (secondary N) is 1. The maximum absolute atomic E-state index is 13.1. The summed E-state index contributed by atoms with van der Waals surface area (Å²) in [6, 6.07) is 0.593. The lowest BCUT2D eigenvalue weighted by molar-refractivity contribution is -0.293. The first-order valence-electron chi connectivity index (χ1n) is 4.07. The Morgan fingerprint density at radius 1 is 1.25 bits per heavy atom. The molecule has 92 valence electrons. The third kappa shape index (κ3) is 2.54. The summed E-state index contributed by atoms with van der Waals surface area (Å²) in [4.78, 5) is -0.0725. The van der Waals surface area contributed by atoms with Crippen LogP contribution in [0.15, 0.2) is 15.9 Å². The zero-order chi connectivity index (χ0) is 12.6. The lowest BCUT2D eigenvalue weighted by Crippen LogP contribution is -2.46. The molecule has 0 saturated carbocycles. The molecule has 16 heavy (non-hydrogen) atoms. The van der Waals surface area contributed by atoms with Crippen molar-refractivity contribution in [3.8, 4) is 0 Å². The molecule has 1 aromatic heterocycles. The Morgan fingerprint density at radius 3 is 2.12 bits per heavy atom. The summed E-state index contributed by atoms with van der Waals surface area (Å²) in [6.45, 7) is 0. The number of halogens is 6. The summed E-state index contributed by atoms with van der Waals surface area (Å²) >= 11 is 3.85. The van der Waals surface area contributed by atoms with Crippen molar-refractivity contribution in [2.45, 2.75) is 18.1 Å². The second kappa shape index (κ2) is 4.58. The van der Waals surface area contributed by atoms with E-state index in [0.717, 1.165) is 18.4 Å². The van der Waals surface area contributed by atoms with Gasteiger partial charge in [0.05, 0.1) is 3.79 Å². The minimum absolute atomic E-state index is 0.0725. The van der Waals surface area contributed by atoms with E-state index in [2.05, 4.69) is 15.9 Å². The van der Waals surface area contributed by atoms with Gasteiger partial charge in [0.2, 0.25) is 0 Å². The normalized spacial score (nSPS) is 15.2. The SMILES string of the molecule is CNC(c1ccc(Br)s1)C(F)(F)C(F)(F)F. The Hall–Kier alpha value is -0.210. The van der Waals surface area contributed by atoms with Gasteiger partial charge in [-0.15, -0.1) is 11.3 Å². The first-order chi connectivity index (χ1) is 7.20. The van der Waals surface area contributed by atoms with Gasteiger partial charge in [0.25, 0.3) is 0 Å². The average Bonchev–Trinajstić information content (AvgIpc) is 2.50. The molecule has 0 fully saturated rings. The van der Waals surface area contributed by atoms with Crippen molar-refractivity contribution in [1.29, 1.82) is 0 Å². The highest BCUT2D eigenvalue weighted by atomic mass is 79.9. The fourth-order valence-electron chi connectivity index (χ4n) is 1.15. The molecule has 0 aromatic carbocycles. The minimum atomic E-state index is -5.57. The number of alkyl halides is 5. The van der Waals surface area contributed by atoms with E-state index < -0.39 is 18.1 Å². The molecule has 0 saturated heterocycles. The Morgan fingerprint density at radius 2 is 1.81 bits per heavy atom. The molecule has 1 rings (SSSR count). The molecule has 1 N–H and O–H groups in total. The molecule has 0 aliphatic carbocycles. The molecule has 1 aromatic rings. The molecule has 8 heteroatoms. The molecule has 1 nitrogen and oxygen atoms in total. The summed E-state index contributed by atoms with van der Waals surface area (Å²) in [5.74, 6) is -4.80. The monoisotopic (exact) mass is 323 g/mol. The van der Waals surface area contributed by atoms with E-state index in [-0.39, 0.29) is 4.88 Å². The van der Waals surface area contributed by atoms with Crippen molar-refractivity contribution < 1.29 is 22.0 Å². The van der Waals surface area contributed by atoms with Crippen LogP contribution in [-0.2, 0) is 0 Å². The highest BCUT2D eigenvalue weighted by Gasteiger charge is 2.62. The zero-order valence-corrected chi connectivity index (χ0v) is 10.3. The predicted molar refractivity (Wildman–Crippen MR) is 54.8 cm³/mol. The predicted octanol–water partition coefficient (Wildman–Crippen LogP) is 3.97. The number of rotatable bonds is 3. The van der Waals surface area contributed by atoms with Gasteiger partial charge >= 0.3 is 12.1 Å². The highest BCUT2D eigenvalue weighted by Crippen LogP contribution is 2.46. The molecule has 0 aliphatic heterocycles. The zero-order valence-electron chi connectivity index (χ0n) is 7.91. The van der Waals surface area contributed by atoms with Gasteiger partial charge in [-0.25, -0.2) is 0 Å². The van der Waals surface area contributed by atoms with Crippen molar-refractivity contribution in [1.82, 2.24) is 5.32 Å². The summed E-state index contributed by atoms with van der Waals surface area (Å²) in [5.41, 5.74) is 0. The van der Waals surface area contributed by atoms with Crippen molar-refractivity contribution >= 4 is 27.3 Å². The summed E-state index contributed by atoms with van der Waals surface area (Å²) in [5, 5.41) is 2.00. The Kier molecular flexibility index (Phi) is 3.96. The van der Waals surface area contributed by atoms with Crippen LogP contribution in [0.25, 0.3) is 0 Å². The molecule has 0 radical (unpaired) electrons. The molecule has 1 atom stereocenters. The van der Waals surface area contributed by atoms with Crippen LogP contribution in [0.4, 0.5) is 22.0 Å². The number of thiophene rings is 1. The quantitative estimate of drug-likeness (QED) is 0.830. The number of hydrogen-bond donors (Lipinski definition) is 1. The van der Waals surface area contributed by atoms with Crippen LogP contribution in [0.3, 0.4) is 0 Å². The topological polar surface area (TPSA) is 12.0 Å². The van der Waals surface area contributed by atoms with E-state index in [4.69, 9.17) is 0 Å². The molecule has 0 bridgehead atoms. The largest absolute Gasteiger partial charge is 0.455 e.